The maximum absolute atomic E-state index is 13.1. The van der Waals surface area contributed by atoms with Gasteiger partial charge in [0.15, 0.2) is 11.0 Å². The summed E-state index contributed by atoms with van der Waals surface area (Å²) < 4.78 is 28.8. The summed E-state index contributed by atoms with van der Waals surface area (Å²) >= 11 is 7.72. The minimum atomic E-state index is -3.86. The van der Waals surface area contributed by atoms with Gasteiger partial charge in [-0.25, -0.2) is 18.4 Å². The summed E-state index contributed by atoms with van der Waals surface area (Å²) in [6.07, 6.45) is 1.81. The van der Waals surface area contributed by atoms with E-state index in [1.165, 1.54) is 11.8 Å². The quantitative estimate of drug-likeness (QED) is 0.290. The Morgan fingerprint density at radius 1 is 0.967 bits per heavy atom. The maximum Gasteiger partial charge on any atom is 0.263 e. The number of hydrogen-bond acceptors (Lipinski definition) is 5. The number of aromatic nitrogens is 2. The first-order valence-corrected chi connectivity index (χ1v) is 12.4. The van der Waals surface area contributed by atoms with E-state index in [0.29, 0.717) is 10.7 Å². The third-order valence-corrected chi connectivity index (χ3v) is 6.80. The zero-order valence-corrected chi connectivity index (χ0v) is 19.9. The number of aryl methyl sites for hydroxylation is 1. The zero-order valence-electron chi connectivity index (χ0n) is 17.5. The van der Waals surface area contributed by atoms with Gasteiger partial charge in [0.05, 0.1) is 10.5 Å². The van der Waals surface area contributed by atoms with E-state index in [0.717, 1.165) is 16.7 Å². The molecule has 3 rings (SSSR count). The molecule has 2 aromatic carbocycles. The van der Waals surface area contributed by atoms with E-state index in [9.17, 15) is 8.42 Å². The number of benzene rings is 2. The number of sulfonamides is 1. The van der Waals surface area contributed by atoms with Gasteiger partial charge >= 0.3 is 0 Å². The Morgan fingerprint density at radius 2 is 1.57 bits per heavy atom. The van der Waals surface area contributed by atoms with Crippen molar-refractivity contribution in [3.05, 3.63) is 64.8 Å². The van der Waals surface area contributed by atoms with Gasteiger partial charge in [-0.05, 0) is 41.9 Å². The van der Waals surface area contributed by atoms with Crippen LogP contribution in [-0.2, 0) is 15.4 Å². The Hall–Kier alpha value is -2.09. The van der Waals surface area contributed by atoms with Crippen LogP contribution in [0, 0.1) is 6.92 Å². The number of thioether (sulfide) groups is 1. The number of halogens is 1. The first-order chi connectivity index (χ1) is 14.0. The molecule has 0 radical (unpaired) electrons. The van der Waals surface area contributed by atoms with Crippen molar-refractivity contribution in [2.75, 3.05) is 11.0 Å². The molecule has 1 heterocycles. The molecule has 0 saturated heterocycles. The summed E-state index contributed by atoms with van der Waals surface area (Å²) in [5, 5.41) is 0.579. The molecule has 0 aliphatic heterocycles. The lowest BCUT2D eigenvalue weighted by Crippen LogP contribution is -2.16. The lowest BCUT2D eigenvalue weighted by atomic mass is 9.87. The van der Waals surface area contributed by atoms with Crippen LogP contribution < -0.4 is 4.72 Å². The highest BCUT2D eigenvalue weighted by molar-refractivity contribution is 7.98. The van der Waals surface area contributed by atoms with Crippen molar-refractivity contribution in [3.8, 4) is 11.1 Å². The predicted octanol–water partition coefficient (Wildman–Crippen LogP) is 5.93. The Morgan fingerprint density at radius 3 is 2.10 bits per heavy atom. The first kappa shape index (κ1) is 22.6. The van der Waals surface area contributed by atoms with Gasteiger partial charge in [0.1, 0.15) is 5.15 Å². The molecule has 0 fully saturated rings. The van der Waals surface area contributed by atoms with Crippen LogP contribution in [0.3, 0.4) is 0 Å². The number of nitrogens with one attached hydrogen (secondary N) is 1. The van der Waals surface area contributed by atoms with Gasteiger partial charge in [-0.3, -0.25) is 4.72 Å². The molecule has 0 aliphatic carbocycles. The fourth-order valence-electron chi connectivity index (χ4n) is 2.88. The second kappa shape index (κ2) is 8.57. The molecular formula is C22H24ClN3O2S2. The fraction of sp³-hybridized carbons (Fsp3) is 0.273. The summed E-state index contributed by atoms with van der Waals surface area (Å²) in [6, 6.07) is 14.5. The van der Waals surface area contributed by atoms with Gasteiger partial charge in [-0.1, -0.05) is 86.1 Å². The summed E-state index contributed by atoms with van der Waals surface area (Å²) in [5.74, 6) is 0.156. The largest absolute Gasteiger partial charge is 0.263 e. The van der Waals surface area contributed by atoms with Crippen LogP contribution in [0.2, 0.25) is 5.15 Å². The molecule has 3 aromatic rings. The SMILES string of the molecule is CSc1nc(Cl)c(-c2ccc(C)cc2)c(NS(=O)(=O)c2ccc(C(C)(C)C)cc2)n1. The third kappa shape index (κ3) is 4.96. The smallest absolute Gasteiger partial charge is 0.263 e. The van der Waals surface area contributed by atoms with E-state index < -0.39 is 10.0 Å². The van der Waals surface area contributed by atoms with Crippen LogP contribution in [0.15, 0.2) is 58.6 Å². The minimum absolute atomic E-state index is 0.0677. The highest BCUT2D eigenvalue weighted by Crippen LogP contribution is 2.35. The van der Waals surface area contributed by atoms with E-state index in [2.05, 4.69) is 35.5 Å². The highest BCUT2D eigenvalue weighted by Gasteiger charge is 2.22. The summed E-state index contributed by atoms with van der Waals surface area (Å²) in [4.78, 5) is 8.83. The van der Waals surface area contributed by atoms with E-state index >= 15 is 0 Å². The average Bonchev–Trinajstić information content (AvgIpc) is 2.68. The molecule has 0 atom stereocenters. The van der Waals surface area contributed by atoms with Crippen LogP contribution in [0.4, 0.5) is 5.82 Å². The average molecular weight is 462 g/mol. The monoisotopic (exact) mass is 461 g/mol. The molecular weight excluding hydrogens is 438 g/mol. The van der Waals surface area contributed by atoms with Crippen LogP contribution in [0.5, 0.6) is 0 Å². The molecule has 0 spiro atoms. The zero-order chi connectivity index (χ0) is 22.1. The van der Waals surface area contributed by atoms with Crippen molar-refractivity contribution >= 4 is 39.2 Å². The molecule has 0 unspecified atom stereocenters. The molecule has 5 nitrogen and oxygen atoms in total. The summed E-state index contributed by atoms with van der Waals surface area (Å²) in [7, 11) is -3.86. The van der Waals surface area contributed by atoms with Gasteiger partial charge < -0.3 is 0 Å². The van der Waals surface area contributed by atoms with Gasteiger partial charge in [-0.2, -0.15) is 0 Å². The Labute approximate surface area is 187 Å². The van der Waals surface area contributed by atoms with E-state index in [4.69, 9.17) is 11.6 Å². The van der Waals surface area contributed by atoms with Crippen molar-refractivity contribution in [2.45, 2.75) is 43.2 Å². The van der Waals surface area contributed by atoms with Crippen LogP contribution in [-0.4, -0.2) is 24.6 Å². The number of nitrogens with zero attached hydrogens (tertiary/aromatic N) is 2. The molecule has 1 N–H and O–H groups in total. The lowest BCUT2D eigenvalue weighted by molar-refractivity contribution is 0.587. The second-order valence-corrected chi connectivity index (χ2v) is 10.8. The number of anilines is 1. The molecule has 1 aromatic heterocycles. The van der Waals surface area contributed by atoms with Crippen molar-refractivity contribution in [1.29, 1.82) is 0 Å². The number of hydrogen-bond donors (Lipinski definition) is 1. The molecule has 0 aliphatic rings. The van der Waals surface area contributed by atoms with Crippen molar-refractivity contribution in [2.24, 2.45) is 0 Å². The summed E-state index contributed by atoms with van der Waals surface area (Å²) in [6.45, 7) is 8.21. The topological polar surface area (TPSA) is 72.0 Å². The standard InChI is InChI=1S/C22H24ClN3O2S2/c1-14-6-8-15(9-7-14)18-19(23)24-21(29-5)25-20(18)26-30(27,28)17-12-10-16(11-13-17)22(2,3)4/h6-13H,1-5H3,(H,24,25,26). The molecule has 0 amide bonds. The van der Waals surface area contributed by atoms with Crippen LogP contribution >= 0.6 is 23.4 Å². The van der Waals surface area contributed by atoms with E-state index in [-0.39, 0.29) is 21.3 Å². The first-order valence-electron chi connectivity index (χ1n) is 9.33. The number of rotatable bonds is 5. The maximum atomic E-state index is 13.1. The summed E-state index contributed by atoms with van der Waals surface area (Å²) in [5.41, 5.74) is 3.25. The van der Waals surface area contributed by atoms with Crippen LogP contribution in [0.25, 0.3) is 11.1 Å². The van der Waals surface area contributed by atoms with Crippen LogP contribution in [0.1, 0.15) is 31.9 Å². The molecule has 0 saturated carbocycles. The molecule has 158 valence electrons. The van der Waals surface area contributed by atoms with Gasteiger partial charge in [-0.15, -0.1) is 0 Å². The van der Waals surface area contributed by atoms with Gasteiger partial charge in [0.2, 0.25) is 0 Å². The molecule has 30 heavy (non-hydrogen) atoms. The second-order valence-electron chi connectivity index (χ2n) is 7.97. The normalized spacial score (nSPS) is 12.1. The lowest BCUT2D eigenvalue weighted by Gasteiger charge is -2.19. The van der Waals surface area contributed by atoms with Crippen molar-refractivity contribution in [1.82, 2.24) is 9.97 Å². The predicted molar refractivity (Wildman–Crippen MR) is 125 cm³/mol. The fourth-order valence-corrected chi connectivity index (χ4v) is 4.58. The van der Waals surface area contributed by atoms with E-state index in [1.807, 2.05) is 43.3 Å². The van der Waals surface area contributed by atoms with Crippen molar-refractivity contribution in [3.63, 3.8) is 0 Å². The molecule has 8 heteroatoms. The van der Waals surface area contributed by atoms with Gasteiger partial charge in [0, 0.05) is 0 Å². The minimum Gasteiger partial charge on any atom is -0.263 e. The third-order valence-electron chi connectivity index (χ3n) is 4.63. The van der Waals surface area contributed by atoms with Gasteiger partial charge in [0.25, 0.3) is 10.0 Å². The molecule has 0 bridgehead atoms. The Bertz CT molecular complexity index is 1150. The highest BCUT2D eigenvalue weighted by atomic mass is 35.5. The van der Waals surface area contributed by atoms with Crippen molar-refractivity contribution < 1.29 is 8.42 Å². The Balaban J connectivity index is 2.06. The van der Waals surface area contributed by atoms with E-state index in [1.54, 1.807) is 18.4 Å². The Kier molecular flexibility index (Phi) is 6.45.